The van der Waals surface area contributed by atoms with Crippen LogP contribution < -0.4 is 5.32 Å². The van der Waals surface area contributed by atoms with Crippen LogP contribution in [0.2, 0.25) is 0 Å². The number of nitrogens with zero attached hydrogens (tertiary/aromatic N) is 1. The van der Waals surface area contributed by atoms with Gasteiger partial charge in [0.25, 0.3) is 0 Å². The van der Waals surface area contributed by atoms with Crippen molar-refractivity contribution in [1.82, 2.24) is 10.2 Å². The summed E-state index contributed by atoms with van der Waals surface area (Å²) in [5, 5.41) is 21.2. The highest BCUT2D eigenvalue weighted by molar-refractivity contribution is 5.83. The van der Waals surface area contributed by atoms with Crippen molar-refractivity contribution in [3.05, 3.63) is 0 Å². The van der Waals surface area contributed by atoms with Crippen LogP contribution in [0.4, 0.5) is 4.79 Å². The zero-order valence-corrected chi connectivity index (χ0v) is 11.0. The van der Waals surface area contributed by atoms with Crippen molar-refractivity contribution >= 4 is 12.0 Å². The van der Waals surface area contributed by atoms with Crippen molar-refractivity contribution in [3.8, 4) is 0 Å². The molecule has 1 saturated heterocycles. The first kappa shape index (κ1) is 14.1. The Balaban J connectivity index is 1.90. The molecule has 1 heterocycles. The number of carboxylic acid groups (broad SMARTS) is 1. The molecule has 0 aromatic rings. The summed E-state index contributed by atoms with van der Waals surface area (Å²) in [6, 6.07) is -1.40. The van der Waals surface area contributed by atoms with Crippen LogP contribution in [0, 0.1) is 0 Å². The van der Waals surface area contributed by atoms with Crippen LogP contribution in [-0.4, -0.2) is 65.1 Å². The number of nitrogens with one attached hydrogen (secondary N) is 1. The van der Waals surface area contributed by atoms with E-state index in [0.717, 1.165) is 19.3 Å². The summed E-state index contributed by atoms with van der Waals surface area (Å²) in [5.41, 5.74) is -0.299. The van der Waals surface area contributed by atoms with E-state index < -0.39 is 24.1 Å². The molecule has 0 radical (unpaired) electrons. The molecule has 2 fully saturated rings. The van der Waals surface area contributed by atoms with Crippen molar-refractivity contribution in [1.29, 1.82) is 0 Å². The fraction of sp³-hybridized carbons (Fsp3) is 0.833. The number of carbonyl (C=O) groups is 2. The predicted molar refractivity (Wildman–Crippen MR) is 65.7 cm³/mol. The Kier molecular flexibility index (Phi) is 3.96. The molecule has 1 aliphatic carbocycles. The molecule has 7 heteroatoms. The monoisotopic (exact) mass is 272 g/mol. The molecule has 2 aliphatic rings. The lowest BCUT2D eigenvalue weighted by Gasteiger charge is -2.40. The molecule has 2 amide bonds. The number of aliphatic hydroxyl groups is 1. The van der Waals surface area contributed by atoms with Gasteiger partial charge >= 0.3 is 12.0 Å². The molecule has 0 spiro atoms. The molecular weight excluding hydrogens is 252 g/mol. The molecule has 0 aromatic heterocycles. The highest BCUT2D eigenvalue weighted by Gasteiger charge is 2.41. The average molecular weight is 272 g/mol. The van der Waals surface area contributed by atoms with Crippen molar-refractivity contribution in [2.75, 3.05) is 20.2 Å². The standard InChI is InChI=1S/C12H20N2O5/c1-19-12(3-2-4-12)7-13-11(18)14-6-8(15)5-9(14)10(16)17/h8-9,15H,2-7H2,1H3,(H,13,18)(H,16,17)/t8-,9+/m1/s1. The van der Waals surface area contributed by atoms with Crippen LogP contribution in [-0.2, 0) is 9.53 Å². The summed E-state index contributed by atoms with van der Waals surface area (Å²) < 4.78 is 5.38. The highest BCUT2D eigenvalue weighted by atomic mass is 16.5. The first-order valence-corrected chi connectivity index (χ1v) is 6.48. The van der Waals surface area contributed by atoms with E-state index in [-0.39, 0.29) is 18.6 Å². The number of aliphatic carboxylic acids is 1. The number of methoxy groups -OCH3 is 1. The lowest BCUT2D eigenvalue weighted by atomic mass is 9.80. The van der Waals surface area contributed by atoms with E-state index in [1.807, 2.05) is 0 Å². The molecule has 7 nitrogen and oxygen atoms in total. The molecular formula is C12H20N2O5. The number of rotatable bonds is 4. The minimum absolute atomic E-state index is 0.0583. The second-order valence-corrected chi connectivity index (χ2v) is 5.30. The van der Waals surface area contributed by atoms with Crippen LogP contribution in [0.1, 0.15) is 25.7 Å². The van der Waals surface area contributed by atoms with E-state index in [0.29, 0.717) is 6.54 Å². The Labute approximate surface area is 111 Å². The molecule has 0 bridgehead atoms. The first-order chi connectivity index (χ1) is 8.97. The maximum Gasteiger partial charge on any atom is 0.326 e. The zero-order valence-electron chi connectivity index (χ0n) is 11.0. The van der Waals surface area contributed by atoms with Gasteiger partial charge in [-0.2, -0.15) is 0 Å². The van der Waals surface area contributed by atoms with Crippen LogP contribution in [0.5, 0.6) is 0 Å². The van der Waals surface area contributed by atoms with Gasteiger partial charge in [0.15, 0.2) is 0 Å². The lowest BCUT2D eigenvalue weighted by Crippen LogP contribution is -2.53. The molecule has 0 unspecified atom stereocenters. The molecule has 0 aromatic carbocycles. The van der Waals surface area contributed by atoms with Gasteiger partial charge in [0, 0.05) is 26.6 Å². The number of hydrogen-bond donors (Lipinski definition) is 3. The summed E-state index contributed by atoms with van der Waals surface area (Å²) in [6.07, 6.45) is 2.18. The third-order valence-corrected chi connectivity index (χ3v) is 4.08. The summed E-state index contributed by atoms with van der Waals surface area (Å²) in [6.45, 7) is 0.435. The van der Waals surface area contributed by atoms with E-state index in [4.69, 9.17) is 9.84 Å². The number of ether oxygens (including phenoxy) is 1. The van der Waals surface area contributed by atoms with Gasteiger partial charge in [-0.25, -0.2) is 9.59 Å². The quantitative estimate of drug-likeness (QED) is 0.657. The van der Waals surface area contributed by atoms with Crippen molar-refractivity contribution in [2.45, 2.75) is 43.4 Å². The number of β-amino-alcohol motifs (C(OH)–C–C–N with tert-alkyl or cyclic N) is 1. The minimum atomic E-state index is -1.09. The molecule has 2 rings (SSSR count). The summed E-state index contributed by atoms with van der Waals surface area (Å²) >= 11 is 0. The van der Waals surface area contributed by atoms with Gasteiger partial charge in [0.2, 0.25) is 0 Å². The van der Waals surface area contributed by atoms with E-state index in [2.05, 4.69) is 5.32 Å². The lowest BCUT2D eigenvalue weighted by molar-refractivity contribution is -0.141. The number of carboxylic acids is 1. The van der Waals surface area contributed by atoms with E-state index in [1.165, 1.54) is 4.90 Å². The van der Waals surface area contributed by atoms with Gasteiger partial charge in [0.1, 0.15) is 6.04 Å². The number of urea groups is 1. The Hall–Kier alpha value is -1.34. The molecule has 19 heavy (non-hydrogen) atoms. The second-order valence-electron chi connectivity index (χ2n) is 5.30. The van der Waals surface area contributed by atoms with E-state index >= 15 is 0 Å². The van der Waals surface area contributed by atoms with Crippen LogP contribution in [0.3, 0.4) is 0 Å². The Morgan fingerprint density at radius 2 is 2.16 bits per heavy atom. The number of likely N-dealkylation sites (tertiary alicyclic amines) is 1. The first-order valence-electron chi connectivity index (χ1n) is 6.48. The highest BCUT2D eigenvalue weighted by Crippen LogP contribution is 2.34. The van der Waals surface area contributed by atoms with Gasteiger partial charge in [-0.3, -0.25) is 0 Å². The second kappa shape index (κ2) is 5.34. The molecule has 108 valence electrons. The maximum atomic E-state index is 12.0. The van der Waals surface area contributed by atoms with Gasteiger partial charge in [0.05, 0.1) is 11.7 Å². The third-order valence-electron chi connectivity index (χ3n) is 4.08. The van der Waals surface area contributed by atoms with Crippen molar-refractivity contribution in [3.63, 3.8) is 0 Å². The summed E-state index contributed by atoms with van der Waals surface area (Å²) in [4.78, 5) is 24.2. The van der Waals surface area contributed by atoms with Crippen molar-refractivity contribution in [2.24, 2.45) is 0 Å². The Morgan fingerprint density at radius 1 is 1.47 bits per heavy atom. The normalized spacial score (nSPS) is 28.8. The molecule has 2 atom stereocenters. The summed E-state index contributed by atoms with van der Waals surface area (Å²) in [5.74, 6) is -1.09. The zero-order chi connectivity index (χ0) is 14.0. The van der Waals surface area contributed by atoms with Crippen LogP contribution >= 0.6 is 0 Å². The number of amides is 2. The predicted octanol–water partition coefficient (Wildman–Crippen LogP) is -0.215. The van der Waals surface area contributed by atoms with Crippen molar-refractivity contribution < 1.29 is 24.5 Å². The van der Waals surface area contributed by atoms with Gasteiger partial charge in [-0.15, -0.1) is 0 Å². The van der Waals surface area contributed by atoms with E-state index in [1.54, 1.807) is 7.11 Å². The molecule has 3 N–H and O–H groups in total. The average Bonchev–Trinajstić information content (AvgIpc) is 2.70. The largest absolute Gasteiger partial charge is 0.480 e. The Bertz CT molecular complexity index is 364. The third kappa shape index (κ3) is 2.82. The molecule has 1 saturated carbocycles. The number of carbonyl (C=O) groups excluding carboxylic acids is 1. The fourth-order valence-corrected chi connectivity index (χ4v) is 2.63. The summed E-state index contributed by atoms with van der Waals surface area (Å²) in [7, 11) is 1.62. The minimum Gasteiger partial charge on any atom is -0.480 e. The van der Waals surface area contributed by atoms with Gasteiger partial charge in [-0.1, -0.05) is 0 Å². The molecule has 1 aliphatic heterocycles. The topological polar surface area (TPSA) is 99.1 Å². The Morgan fingerprint density at radius 3 is 2.63 bits per heavy atom. The van der Waals surface area contributed by atoms with Crippen LogP contribution in [0.15, 0.2) is 0 Å². The maximum absolute atomic E-state index is 12.0. The van der Waals surface area contributed by atoms with E-state index in [9.17, 15) is 14.7 Å². The number of hydrogen-bond acceptors (Lipinski definition) is 4. The van der Waals surface area contributed by atoms with Crippen LogP contribution in [0.25, 0.3) is 0 Å². The fourth-order valence-electron chi connectivity index (χ4n) is 2.63. The smallest absolute Gasteiger partial charge is 0.326 e. The van der Waals surface area contributed by atoms with Gasteiger partial charge < -0.3 is 25.2 Å². The number of aliphatic hydroxyl groups excluding tert-OH is 1. The van der Waals surface area contributed by atoms with Gasteiger partial charge in [-0.05, 0) is 19.3 Å². The SMILES string of the molecule is COC1(CNC(=O)N2C[C@H](O)C[C@H]2C(=O)O)CCC1.